The minimum absolute atomic E-state index is 0.140. The second-order valence-corrected chi connectivity index (χ2v) is 6.06. The van der Waals surface area contributed by atoms with E-state index in [1.165, 1.54) is 0 Å². The zero-order valence-corrected chi connectivity index (χ0v) is 15.3. The lowest BCUT2D eigenvalue weighted by atomic mass is 10.1. The van der Waals surface area contributed by atoms with E-state index in [1.54, 1.807) is 37.6 Å². The molecule has 6 heteroatoms. The van der Waals surface area contributed by atoms with Gasteiger partial charge in [0.2, 0.25) is 0 Å². The van der Waals surface area contributed by atoms with Crippen LogP contribution in [0.15, 0.2) is 30.5 Å². The molecule has 0 saturated carbocycles. The Morgan fingerprint density at radius 2 is 1.92 bits per heavy atom. The highest BCUT2D eigenvalue weighted by Gasteiger charge is 2.18. The number of methoxy groups -OCH3 is 1. The van der Waals surface area contributed by atoms with Crippen LogP contribution in [0.2, 0.25) is 0 Å². The van der Waals surface area contributed by atoms with Crippen LogP contribution >= 0.6 is 0 Å². The number of benzene rings is 1. The fourth-order valence-electron chi connectivity index (χ4n) is 2.88. The van der Waals surface area contributed by atoms with Crippen LogP contribution in [-0.2, 0) is 0 Å². The van der Waals surface area contributed by atoms with Crippen molar-refractivity contribution in [2.75, 3.05) is 13.7 Å². The molecule has 0 bridgehead atoms. The zero-order valence-electron chi connectivity index (χ0n) is 15.3. The van der Waals surface area contributed by atoms with Crippen molar-refractivity contribution in [3.63, 3.8) is 0 Å². The van der Waals surface area contributed by atoms with Gasteiger partial charge in [0.1, 0.15) is 5.75 Å². The molecule has 136 valence electrons. The van der Waals surface area contributed by atoms with Gasteiger partial charge in [-0.05, 0) is 37.5 Å². The van der Waals surface area contributed by atoms with Gasteiger partial charge in [0.15, 0.2) is 0 Å². The minimum Gasteiger partial charge on any atom is -0.497 e. The molecule has 0 saturated heterocycles. The third-order valence-corrected chi connectivity index (χ3v) is 4.53. The molecule has 1 atom stereocenters. The summed E-state index contributed by atoms with van der Waals surface area (Å²) in [6.45, 7) is 6.27. The Labute approximate surface area is 148 Å². The van der Waals surface area contributed by atoms with E-state index in [2.05, 4.69) is 24.3 Å². The van der Waals surface area contributed by atoms with Crippen molar-refractivity contribution < 1.29 is 14.6 Å². The van der Waals surface area contributed by atoms with Gasteiger partial charge in [-0.2, -0.15) is 5.10 Å². The summed E-state index contributed by atoms with van der Waals surface area (Å²) in [5, 5.41) is 17.4. The van der Waals surface area contributed by atoms with E-state index in [0.29, 0.717) is 11.6 Å². The lowest BCUT2D eigenvalue weighted by Gasteiger charge is -2.16. The summed E-state index contributed by atoms with van der Waals surface area (Å²) in [4.78, 5) is 12.4. The summed E-state index contributed by atoms with van der Waals surface area (Å²) in [7, 11) is 1.59. The first-order valence-electron chi connectivity index (χ1n) is 8.66. The van der Waals surface area contributed by atoms with Crippen molar-refractivity contribution in [2.45, 2.75) is 45.8 Å². The van der Waals surface area contributed by atoms with Crippen LogP contribution in [0.25, 0.3) is 0 Å². The monoisotopic (exact) mass is 345 g/mol. The molecule has 0 radical (unpaired) electrons. The Balaban J connectivity index is 2.00. The van der Waals surface area contributed by atoms with E-state index in [-0.39, 0.29) is 12.5 Å². The number of hydrogen-bond donors (Lipinski definition) is 2. The van der Waals surface area contributed by atoms with Gasteiger partial charge in [0.25, 0.3) is 5.91 Å². The van der Waals surface area contributed by atoms with Crippen molar-refractivity contribution in [3.05, 3.63) is 47.3 Å². The number of aromatic nitrogens is 2. The first kappa shape index (κ1) is 19.0. The Bertz CT molecular complexity index is 690. The molecule has 0 spiro atoms. The molecule has 25 heavy (non-hydrogen) atoms. The molecule has 2 aromatic rings. The summed E-state index contributed by atoms with van der Waals surface area (Å²) in [5.74, 6) is 0.506. The third-order valence-electron chi connectivity index (χ3n) is 4.53. The number of nitrogens with zero attached hydrogens (tertiary/aromatic N) is 2. The second kappa shape index (κ2) is 8.67. The van der Waals surface area contributed by atoms with E-state index in [4.69, 9.17) is 4.74 Å². The molecule has 0 aliphatic heterocycles. The van der Waals surface area contributed by atoms with Crippen LogP contribution < -0.4 is 10.1 Å². The number of hydrogen-bond acceptors (Lipinski definition) is 4. The molecule has 1 amide bonds. The average molecular weight is 345 g/mol. The van der Waals surface area contributed by atoms with E-state index in [1.807, 2.05) is 11.6 Å². The molecule has 1 heterocycles. The summed E-state index contributed by atoms with van der Waals surface area (Å²) >= 11 is 0. The highest BCUT2D eigenvalue weighted by molar-refractivity contribution is 5.95. The number of aliphatic hydroxyl groups is 1. The number of aliphatic hydroxyl groups excluding tert-OH is 1. The molecule has 1 aromatic heterocycles. The van der Waals surface area contributed by atoms with Gasteiger partial charge in [-0.15, -0.1) is 0 Å². The van der Waals surface area contributed by atoms with Crippen molar-refractivity contribution in [1.29, 1.82) is 0 Å². The van der Waals surface area contributed by atoms with Gasteiger partial charge in [-0.1, -0.05) is 26.0 Å². The normalized spacial score (nSPS) is 12.2. The van der Waals surface area contributed by atoms with Gasteiger partial charge in [0.05, 0.1) is 31.0 Å². The topological polar surface area (TPSA) is 76.4 Å². The van der Waals surface area contributed by atoms with Crippen molar-refractivity contribution in [3.8, 4) is 5.75 Å². The van der Waals surface area contributed by atoms with E-state index < -0.39 is 6.10 Å². The lowest BCUT2D eigenvalue weighted by Crippen LogP contribution is -2.28. The number of amides is 1. The molecule has 0 aliphatic rings. The molecular weight excluding hydrogens is 318 g/mol. The number of nitrogens with one attached hydrogen (secondary N) is 1. The van der Waals surface area contributed by atoms with Crippen LogP contribution in [-0.4, -0.2) is 34.4 Å². The van der Waals surface area contributed by atoms with Crippen LogP contribution in [0.1, 0.15) is 60.5 Å². The smallest absolute Gasteiger partial charge is 0.254 e. The first-order chi connectivity index (χ1) is 12.0. The van der Waals surface area contributed by atoms with Crippen molar-refractivity contribution >= 4 is 5.91 Å². The predicted octanol–water partition coefficient (Wildman–Crippen LogP) is 3.02. The molecule has 1 unspecified atom stereocenters. The number of carbonyl (C=O) groups is 1. The molecule has 2 N–H and O–H groups in total. The highest BCUT2D eigenvalue weighted by atomic mass is 16.5. The first-order valence-corrected chi connectivity index (χ1v) is 8.66. The molecule has 1 aromatic carbocycles. The fraction of sp³-hybridized carbons (Fsp3) is 0.474. The number of ether oxygens (including phenoxy) is 1. The quantitative estimate of drug-likeness (QED) is 0.771. The van der Waals surface area contributed by atoms with Gasteiger partial charge in [0, 0.05) is 12.2 Å². The van der Waals surface area contributed by atoms with Gasteiger partial charge < -0.3 is 15.2 Å². The Morgan fingerprint density at radius 3 is 2.48 bits per heavy atom. The maximum Gasteiger partial charge on any atom is 0.254 e. The Morgan fingerprint density at radius 1 is 1.28 bits per heavy atom. The highest BCUT2D eigenvalue weighted by Crippen LogP contribution is 2.20. The number of carbonyl (C=O) groups excluding carboxylic acids is 1. The number of rotatable bonds is 8. The molecule has 0 fully saturated rings. The van der Waals surface area contributed by atoms with Gasteiger partial charge >= 0.3 is 0 Å². The Hall–Kier alpha value is -2.34. The van der Waals surface area contributed by atoms with Crippen LogP contribution in [0.3, 0.4) is 0 Å². The standard InChI is InChI=1S/C19H27N3O3/c1-5-15(6-2)22-13(3)17(11-21-22)19(24)20-12-18(23)14-7-9-16(25-4)10-8-14/h7-11,15,18,23H,5-6,12H2,1-4H3,(H,20,24). The SMILES string of the molecule is CCC(CC)n1ncc(C(=O)NCC(O)c2ccc(OC)cc2)c1C. The van der Waals surface area contributed by atoms with E-state index in [0.717, 1.165) is 29.8 Å². The summed E-state index contributed by atoms with van der Waals surface area (Å²) in [5.41, 5.74) is 2.13. The summed E-state index contributed by atoms with van der Waals surface area (Å²) in [6.07, 6.45) is 2.76. The van der Waals surface area contributed by atoms with E-state index >= 15 is 0 Å². The summed E-state index contributed by atoms with van der Waals surface area (Å²) < 4.78 is 7.01. The van der Waals surface area contributed by atoms with E-state index in [9.17, 15) is 9.90 Å². The maximum atomic E-state index is 12.4. The van der Waals surface area contributed by atoms with Gasteiger partial charge in [-0.25, -0.2) is 0 Å². The molecular formula is C19H27N3O3. The van der Waals surface area contributed by atoms with Crippen LogP contribution in [0, 0.1) is 6.92 Å². The lowest BCUT2D eigenvalue weighted by molar-refractivity contribution is 0.0915. The van der Waals surface area contributed by atoms with Crippen LogP contribution in [0.4, 0.5) is 0 Å². The molecule has 2 rings (SSSR count). The van der Waals surface area contributed by atoms with Crippen molar-refractivity contribution in [1.82, 2.24) is 15.1 Å². The second-order valence-electron chi connectivity index (χ2n) is 6.06. The van der Waals surface area contributed by atoms with Gasteiger partial charge in [-0.3, -0.25) is 9.48 Å². The minimum atomic E-state index is -0.774. The largest absolute Gasteiger partial charge is 0.497 e. The van der Waals surface area contributed by atoms with Crippen molar-refractivity contribution in [2.24, 2.45) is 0 Å². The fourth-order valence-corrected chi connectivity index (χ4v) is 2.88. The predicted molar refractivity (Wildman–Crippen MR) is 96.9 cm³/mol. The Kier molecular flexibility index (Phi) is 6.58. The third kappa shape index (κ3) is 4.39. The molecule has 6 nitrogen and oxygen atoms in total. The zero-order chi connectivity index (χ0) is 18.4. The van der Waals surface area contributed by atoms with Crippen LogP contribution in [0.5, 0.6) is 5.75 Å². The average Bonchev–Trinajstić information content (AvgIpc) is 3.02. The summed E-state index contributed by atoms with van der Waals surface area (Å²) in [6, 6.07) is 7.43. The maximum absolute atomic E-state index is 12.4. The molecule has 0 aliphatic carbocycles.